The molecule has 3 aromatic rings. The van der Waals surface area contributed by atoms with E-state index in [0.29, 0.717) is 35.2 Å². The van der Waals surface area contributed by atoms with Crippen LogP contribution < -0.4 is 10.3 Å². The monoisotopic (exact) mass is 400 g/mol. The maximum absolute atomic E-state index is 12.7. The van der Waals surface area contributed by atoms with Crippen molar-refractivity contribution in [1.29, 1.82) is 0 Å². The van der Waals surface area contributed by atoms with E-state index in [1.807, 2.05) is 4.90 Å². The molecule has 0 spiro atoms. The molecule has 0 unspecified atom stereocenters. The molecule has 0 bridgehead atoms. The average molecular weight is 400 g/mol. The summed E-state index contributed by atoms with van der Waals surface area (Å²) in [6.07, 6.45) is 2.83. The Morgan fingerprint density at radius 2 is 2.11 bits per heavy atom. The van der Waals surface area contributed by atoms with Crippen LogP contribution >= 0.6 is 11.3 Å². The van der Waals surface area contributed by atoms with Crippen molar-refractivity contribution in [1.82, 2.24) is 14.5 Å². The van der Waals surface area contributed by atoms with Crippen LogP contribution in [-0.4, -0.2) is 56.2 Å². The van der Waals surface area contributed by atoms with Crippen LogP contribution in [0, 0.1) is 12.8 Å². The highest BCUT2D eigenvalue weighted by atomic mass is 32.1. The number of aromatic carboxylic acids is 1. The molecule has 0 aromatic carbocycles. The number of ketones is 1. The summed E-state index contributed by atoms with van der Waals surface area (Å²) in [5.74, 6) is -1.17. The number of carbonyl (C=O) groups is 2. The smallest absolute Gasteiger partial charge is 0.341 e. The minimum atomic E-state index is -1.31. The van der Waals surface area contributed by atoms with Gasteiger partial charge in [0.1, 0.15) is 18.0 Å². The molecule has 1 aliphatic rings. The molecule has 3 aromatic heterocycles. The molecule has 9 nitrogen and oxygen atoms in total. The third-order valence-corrected chi connectivity index (χ3v) is 5.59. The SMILES string of the molecule is Cc1cc(N2CC(C(=O)CO)C2)nc2c1c(=O)c(C(=O)O)cn2-c1nccs1. The van der Waals surface area contributed by atoms with Gasteiger partial charge in [0.05, 0.1) is 11.3 Å². The Bertz CT molecular complexity index is 1150. The molecule has 2 N–H and O–H groups in total. The number of hydrogen-bond acceptors (Lipinski definition) is 8. The summed E-state index contributed by atoms with van der Waals surface area (Å²) in [5, 5.41) is 20.9. The van der Waals surface area contributed by atoms with Crippen molar-refractivity contribution in [2.75, 3.05) is 24.6 Å². The predicted octanol–water partition coefficient (Wildman–Crippen LogP) is 0.846. The molecule has 144 valence electrons. The molecule has 1 saturated heterocycles. The molecule has 0 amide bonds. The van der Waals surface area contributed by atoms with Crippen molar-refractivity contribution in [2.45, 2.75) is 6.92 Å². The van der Waals surface area contributed by atoms with Crippen LogP contribution in [-0.2, 0) is 4.79 Å². The summed E-state index contributed by atoms with van der Waals surface area (Å²) in [6, 6.07) is 1.71. The molecule has 0 aliphatic carbocycles. The van der Waals surface area contributed by atoms with E-state index < -0.39 is 18.0 Å². The summed E-state index contributed by atoms with van der Waals surface area (Å²) in [6.45, 7) is 2.12. The average Bonchev–Trinajstić information content (AvgIpc) is 3.14. The molecule has 0 atom stereocenters. The Hall–Kier alpha value is -3.11. The van der Waals surface area contributed by atoms with Crippen molar-refractivity contribution in [3.8, 4) is 5.13 Å². The number of hydrogen-bond donors (Lipinski definition) is 2. The zero-order chi connectivity index (χ0) is 20.0. The van der Waals surface area contributed by atoms with Crippen molar-refractivity contribution in [3.63, 3.8) is 0 Å². The quantitative estimate of drug-likeness (QED) is 0.646. The highest BCUT2D eigenvalue weighted by Gasteiger charge is 2.33. The number of anilines is 1. The minimum Gasteiger partial charge on any atom is -0.477 e. The number of fused-ring (bicyclic) bond motifs is 1. The minimum absolute atomic E-state index is 0.209. The number of thiazole rings is 1. The molecule has 1 fully saturated rings. The van der Waals surface area contributed by atoms with E-state index in [9.17, 15) is 19.5 Å². The van der Waals surface area contributed by atoms with E-state index >= 15 is 0 Å². The van der Waals surface area contributed by atoms with Crippen LogP contribution in [0.2, 0.25) is 0 Å². The van der Waals surface area contributed by atoms with Crippen molar-refractivity contribution in [2.24, 2.45) is 5.92 Å². The molecule has 4 heterocycles. The number of carboxylic acids is 1. The number of nitrogens with zero attached hydrogens (tertiary/aromatic N) is 4. The van der Waals surface area contributed by atoms with Gasteiger partial charge < -0.3 is 15.1 Å². The van der Waals surface area contributed by atoms with Crippen LogP contribution in [0.15, 0.2) is 28.6 Å². The molecular weight excluding hydrogens is 384 g/mol. The van der Waals surface area contributed by atoms with E-state index in [1.54, 1.807) is 24.6 Å². The van der Waals surface area contributed by atoms with Crippen LogP contribution in [0.4, 0.5) is 5.82 Å². The van der Waals surface area contributed by atoms with Crippen LogP contribution in [0.25, 0.3) is 16.2 Å². The third-order valence-electron chi connectivity index (χ3n) is 4.81. The zero-order valence-electron chi connectivity index (χ0n) is 14.8. The second-order valence-corrected chi connectivity index (χ2v) is 7.46. The van der Waals surface area contributed by atoms with E-state index in [0.717, 1.165) is 0 Å². The first-order chi connectivity index (χ1) is 13.4. The predicted molar refractivity (Wildman–Crippen MR) is 103 cm³/mol. The third kappa shape index (κ3) is 2.86. The fourth-order valence-corrected chi connectivity index (χ4v) is 3.89. The van der Waals surface area contributed by atoms with Gasteiger partial charge in [0.25, 0.3) is 0 Å². The van der Waals surface area contributed by atoms with Gasteiger partial charge in [-0.3, -0.25) is 14.2 Å². The van der Waals surface area contributed by atoms with Gasteiger partial charge in [0.15, 0.2) is 16.6 Å². The first-order valence-corrected chi connectivity index (χ1v) is 9.37. The van der Waals surface area contributed by atoms with E-state index in [2.05, 4.69) is 9.97 Å². The number of rotatable bonds is 5. The number of aryl methyl sites for hydroxylation is 1. The number of aliphatic hydroxyl groups is 1. The van der Waals surface area contributed by atoms with Gasteiger partial charge in [-0.25, -0.2) is 14.8 Å². The van der Waals surface area contributed by atoms with Crippen LogP contribution in [0.5, 0.6) is 0 Å². The Kier molecular flexibility index (Phi) is 4.44. The van der Waals surface area contributed by atoms with Crippen LogP contribution in [0.3, 0.4) is 0 Å². The Morgan fingerprint density at radius 1 is 1.36 bits per heavy atom. The fraction of sp³-hybridized carbons (Fsp3) is 0.278. The highest BCUT2D eigenvalue weighted by Crippen LogP contribution is 2.28. The largest absolute Gasteiger partial charge is 0.477 e. The number of aromatic nitrogens is 3. The maximum atomic E-state index is 12.7. The topological polar surface area (TPSA) is 126 Å². The Morgan fingerprint density at radius 3 is 2.71 bits per heavy atom. The molecule has 0 saturated carbocycles. The fourth-order valence-electron chi connectivity index (χ4n) is 3.27. The van der Waals surface area contributed by atoms with Crippen molar-refractivity contribution >= 4 is 39.9 Å². The van der Waals surface area contributed by atoms with E-state index in [-0.39, 0.29) is 22.7 Å². The molecule has 10 heteroatoms. The lowest BCUT2D eigenvalue weighted by molar-refractivity contribution is -0.126. The standard InChI is InChI=1S/C18H16N4O5S/c1-9-4-13(21-5-10(6-21)12(24)8-23)20-16-14(9)15(25)11(17(26)27)7-22(16)18-19-2-3-28-18/h2-4,7,10,23H,5-6,8H2,1H3,(H,26,27). The molecule has 0 radical (unpaired) electrons. The van der Waals surface area contributed by atoms with Crippen molar-refractivity contribution < 1.29 is 19.8 Å². The molecule has 28 heavy (non-hydrogen) atoms. The van der Waals surface area contributed by atoms with E-state index in [1.165, 1.54) is 22.1 Å². The summed E-state index contributed by atoms with van der Waals surface area (Å²) in [5.41, 5.74) is -0.0334. The van der Waals surface area contributed by atoms with Gasteiger partial charge in [0, 0.05) is 30.9 Å². The first kappa shape index (κ1) is 18.3. The first-order valence-electron chi connectivity index (χ1n) is 8.49. The van der Waals surface area contributed by atoms with Gasteiger partial charge in [-0.05, 0) is 18.6 Å². The molecule has 4 rings (SSSR count). The maximum Gasteiger partial charge on any atom is 0.341 e. The number of aliphatic hydroxyl groups excluding tert-OH is 1. The normalized spacial score (nSPS) is 14.3. The molecule has 1 aliphatic heterocycles. The van der Waals surface area contributed by atoms with Gasteiger partial charge in [-0.1, -0.05) is 0 Å². The Balaban J connectivity index is 1.88. The van der Waals surface area contributed by atoms with Crippen molar-refractivity contribution in [3.05, 3.63) is 45.2 Å². The lowest BCUT2D eigenvalue weighted by atomic mass is 9.95. The van der Waals surface area contributed by atoms with Gasteiger partial charge >= 0.3 is 5.97 Å². The van der Waals surface area contributed by atoms with Gasteiger partial charge in [0.2, 0.25) is 5.43 Å². The summed E-state index contributed by atoms with van der Waals surface area (Å²) < 4.78 is 1.51. The van der Waals surface area contributed by atoms with Gasteiger partial charge in [-0.2, -0.15) is 0 Å². The van der Waals surface area contributed by atoms with E-state index in [4.69, 9.17) is 5.11 Å². The summed E-state index contributed by atoms with van der Waals surface area (Å²) in [7, 11) is 0. The number of carbonyl (C=O) groups excluding carboxylic acids is 1. The zero-order valence-corrected chi connectivity index (χ0v) is 15.6. The lowest BCUT2D eigenvalue weighted by Gasteiger charge is -2.39. The van der Waals surface area contributed by atoms with Crippen LogP contribution in [0.1, 0.15) is 15.9 Å². The highest BCUT2D eigenvalue weighted by molar-refractivity contribution is 7.12. The Labute approximate surface area is 162 Å². The number of Topliss-reactive ketones (excluding diaryl/α,β-unsaturated/α-hetero) is 1. The number of pyridine rings is 2. The molecular formula is C18H16N4O5S. The number of carboxylic acid groups (broad SMARTS) is 1. The van der Waals surface area contributed by atoms with Gasteiger partial charge in [-0.15, -0.1) is 11.3 Å². The second-order valence-electron chi connectivity index (χ2n) is 6.58. The summed E-state index contributed by atoms with van der Waals surface area (Å²) in [4.78, 5) is 46.5. The second kappa shape index (κ2) is 6.80. The lowest BCUT2D eigenvalue weighted by Crippen LogP contribution is -2.51. The summed E-state index contributed by atoms with van der Waals surface area (Å²) >= 11 is 1.30.